The normalized spacial score (nSPS) is 11.4. The summed E-state index contributed by atoms with van der Waals surface area (Å²) in [5, 5.41) is 3.37. The second-order valence-corrected chi connectivity index (χ2v) is 11.7. The Kier molecular flexibility index (Phi) is 6.43. The molecule has 3 heterocycles. The van der Waals surface area contributed by atoms with E-state index in [1.807, 2.05) is 54.6 Å². The smallest absolute Gasteiger partial charge is 0.179 e. The fourth-order valence-corrected chi connectivity index (χ4v) is 6.31. The van der Waals surface area contributed by atoms with Gasteiger partial charge >= 0.3 is 0 Å². The molecule has 0 saturated heterocycles. The third-order valence-corrected chi connectivity index (χ3v) is 8.74. The number of rotatable bonds is 5. The first-order chi connectivity index (χ1) is 23.3. The molecule has 0 aliphatic heterocycles. The highest BCUT2D eigenvalue weighted by Crippen LogP contribution is 2.36. The molecule has 0 spiro atoms. The van der Waals surface area contributed by atoms with Crippen molar-refractivity contribution in [3.63, 3.8) is 0 Å². The van der Waals surface area contributed by atoms with Gasteiger partial charge in [0.05, 0.1) is 16.9 Å². The molecular formula is C43H27N3O. The van der Waals surface area contributed by atoms with Gasteiger partial charge in [0.25, 0.3) is 0 Å². The molecule has 0 aliphatic rings. The van der Waals surface area contributed by atoms with Crippen LogP contribution in [0.2, 0.25) is 0 Å². The first-order valence-corrected chi connectivity index (χ1v) is 15.7. The van der Waals surface area contributed by atoms with E-state index in [0.717, 1.165) is 83.3 Å². The van der Waals surface area contributed by atoms with Gasteiger partial charge in [-0.3, -0.25) is 0 Å². The Hall–Kier alpha value is -6.39. The maximum absolute atomic E-state index is 6.29. The second-order valence-electron chi connectivity index (χ2n) is 11.7. The summed E-state index contributed by atoms with van der Waals surface area (Å²) < 4.78 is 6.29. The zero-order valence-corrected chi connectivity index (χ0v) is 25.3. The van der Waals surface area contributed by atoms with Gasteiger partial charge in [-0.1, -0.05) is 140 Å². The molecule has 47 heavy (non-hydrogen) atoms. The molecule has 0 unspecified atom stereocenters. The average molecular weight is 602 g/mol. The number of aromatic nitrogens is 3. The third kappa shape index (κ3) is 4.93. The van der Waals surface area contributed by atoms with Gasteiger partial charge in [-0.2, -0.15) is 0 Å². The second kappa shape index (κ2) is 11.2. The summed E-state index contributed by atoms with van der Waals surface area (Å²) in [4.78, 5) is 14.9. The molecule has 3 aromatic heterocycles. The van der Waals surface area contributed by atoms with Crippen molar-refractivity contribution < 1.29 is 4.42 Å². The monoisotopic (exact) mass is 601 g/mol. The minimum absolute atomic E-state index is 0.603. The van der Waals surface area contributed by atoms with Gasteiger partial charge < -0.3 is 4.42 Å². The zero-order chi connectivity index (χ0) is 31.2. The minimum Gasteiger partial charge on any atom is -0.455 e. The highest BCUT2D eigenvalue weighted by atomic mass is 16.3. The quantitative estimate of drug-likeness (QED) is 0.197. The molecule has 4 nitrogen and oxygen atoms in total. The lowest BCUT2D eigenvalue weighted by Crippen LogP contribution is -1.97. The number of fused-ring (bicyclic) bond motifs is 4. The SMILES string of the molecule is c1ccc(-c2cc(-c3ccc(-c4ccc(-c5cccc6c5oc5ccccc56)cc4)cc3)nc(-c3ccc4ccccc4n3)n2)cc1. The first kappa shape index (κ1) is 27.0. The molecule has 0 radical (unpaired) electrons. The summed E-state index contributed by atoms with van der Waals surface area (Å²) >= 11 is 0. The summed E-state index contributed by atoms with van der Waals surface area (Å²) in [7, 11) is 0. The lowest BCUT2D eigenvalue weighted by Gasteiger charge is -2.10. The Morgan fingerprint density at radius 1 is 0.383 bits per heavy atom. The van der Waals surface area contributed by atoms with Crippen LogP contribution in [-0.2, 0) is 0 Å². The molecule has 9 rings (SSSR count). The highest BCUT2D eigenvalue weighted by Gasteiger charge is 2.14. The molecule has 6 aromatic carbocycles. The van der Waals surface area contributed by atoms with Crippen LogP contribution in [0.4, 0.5) is 0 Å². The summed E-state index contributed by atoms with van der Waals surface area (Å²) in [5.74, 6) is 0.603. The number of benzene rings is 6. The minimum atomic E-state index is 0.603. The predicted octanol–water partition coefficient (Wildman–Crippen LogP) is 11.3. The molecular weight excluding hydrogens is 574 g/mol. The van der Waals surface area contributed by atoms with Gasteiger partial charge in [0.1, 0.15) is 16.9 Å². The molecule has 0 saturated carbocycles. The molecule has 0 aliphatic carbocycles. The van der Waals surface area contributed by atoms with Crippen LogP contribution in [0.1, 0.15) is 0 Å². The van der Waals surface area contributed by atoms with Gasteiger partial charge in [0.2, 0.25) is 0 Å². The lowest BCUT2D eigenvalue weighted by molar-refractivity contribution is 0.670. The Balaban J connectivity index is 1.06. The van der Waals surface area contributed by atoms with Crippen molar-refractivity contribution in [2.75, 3.05) is 0 Å². The Morgan fingerprint density at radius 3 is 1.79 bits per heavy atom. The van der Waals surface area contributed by atoms with Crippen molar-refractivity contribution in [3.05, 3.63) is 164 Å². The van der Waals surface area contributed by atoms with Crippen LogP contribution in [0.5, 0.6) is 0 Å². The number of nitrogens with zero attached hydrogens (tertiary/aromatic N) is 3. The van der Waals surface area contributed by atoms with Crippen LogP contribution < -0.4 is 0 Å². The lowest BCUT2D eigenvalue weighted by atomic mass is 9.98. The van der Waals surface area contributed by atoms with Gasteiger partial charge in [0.15, 0.2) is 5.82 Å². The fraction of sp³-hybridized carbons (Fsp3) is 0. The van der Waals surface area contributed by atoms with E-state index in [2.05, 4.69) is 109 Å². The van der Waals surface area contributed by atoms with E-state index in [1.54, 1.807) is 0 Å². The fourth-order valence-electron chi connectivity index (χ4n) is 6.31. The van der Waals surface area contributed by atoms with E-state index in [4.69, 9.17) is 19.4 Å². The van der Waals surface area contributed by atoms with Gasteiger partial charge in [-0.15, -0.1) is 0 Å². The van der Waals surface area contributed by atoms with Crippen molar-refractivity contribution in [1.29, 1.82) is 0 Å². The number of furan rings is 1. The van der Waals surface area contributed by atoms with Crippen LogP contribution >= 0.6 is 0 Å². The largest absolute Gasteiger partial charge is 0.455 e. The van der Waals surface area contributed by atoms with Crippen molar-refractivity contribution in [1.82, 2.24) is 15.0 Å². The maximum Gasteiger partial charge on any atom is 0.179 e. The Bertz CT molecular complexity index is 2550. The molecule has 0 fully saturated rings. The molecule has 9 aromatic rings. The van der Waals surface area contributed by atoms with Gasteiger partial charge in [0, 0.05) is 32.8 Å². The number of pyridine rings is 1. The van der Waals surface area contributed by atoms with Gasteiger partial charge in [-0.05, 0) is 41.0 Å². The molecule has 0 atom stereocenters. The Morgan fingerprint density at radius 2 is 1.00 bits per heavy atom. The van der Waals surface area contributed by atoms with Crippen molar-refractivity contribution >= 4 is 32.8 Å². The summed E-state index contributed by atoms with van der Waals surface area (Å²) in [6, 6.07) is 56.3. The van der Waals surface area contributed by atoms with E-state index in [-0.39, 0.29) is 0 Å². The first-order valence-electron chi connectivity index (χ1n) is 15.7. The van der Waals surface area contributed by atoms with Crippen LogP contribution in [0.3, 0.4) is 0 Å². The van der Waals surface area contributed by atoms with E-state index in [1.165, 1.54) is 0 Å². The number of para-hydroxylation sites is 3. The van der Waals surface area contributed by atoms with Crippen molar-refractivity contribution in [3.8, 4) is 56.3 Å². The Labute approximate surface area is 271 Å². The van der Waals surface area contributed by atoms with Crippen LogP contribution in [-0.4, -0.2) is 15.0 Å². The third-order valence-electron chi connectivity index (χ3n) is 8.74. The van der Waals surface area contributed by atoms with E-state index < -0.39 is 0 Å². The standard InChI is InChI=1S/C43H27N3O/c1-2-9-31(10-3-1)39-27-40(46-43(45-39)38-26-25-32-11-4-6-15-37(32)44-38)33-23-19-29(20-24-33)28-17-21-30(22-18-28)34-13-8-14-36-35-12-5-7-16-41(35)47-42(34)36/h1-27H. The highest BCUT2D eigenvalue weighted by molar-refractivity contribution is 6.09. The van der Waals surface area contributed by atoms with Gasteiger partial charge in [-0.25, -0.2) is 15.0 Å². The molecule has 0 bridgehead atoms. The molecule has 0 amide bonds. The van der Waals surface area contributed by atoms with Crippen LogP contribution in [0, 0.1) is 0 Å². The van der Waals surface area contributed by atoms with E-state index >= 15 is 0 Å². The summed E-state index contributed by atoms with van der Waals surface area (Å²) in [6.45, 7) is 0. The topological polar surface area (TPSA) is 51.8 Å². The maximum atomic E-state index is 6.29. The summed E-state index contributed by atoms with van der Waals surface area (Å²) in [5.41, 5.74) is 11.8. The average Bonchev–Trinajstić information content (AvgIpc) is 3.54. The van der Waals surface area contributed by atoms with Crippen molar-refractivity contribution in [2.24, 2.45) is 0 Å². The zero-order valence-electron chi connectivity index (χ0n) is 25.3. The summed E-state index contributed by atoms with van der Waals surface area (Å²) in [6.07, 6.45) is 0. The molecule has 4 heteroatoms. The van der Waals surface area contributed by atoms with Crippen LogP contribution in [0.25, 0.3) is 89.1 Å². The number of hydrogen-bond donors (Lipinski definition) is 0. The van der Waals surface area contributed by atoms with E-state index in [9.17, 15) is 0 Å². The van der Waals surface area contributed by atoms with E-state index in [0.29, 0.717) is 5.82 Å². The predicted molar refractivity (Wildman–Crippen MR) is 192 cm³/mol. The van der Waals surface area contributed by atoms with Crippen LogP contribution in [0.15, 0.2) is 168 Å². The molecule has 0 N–H and O–H groups in total. The van der Waals surface area contributed by atoms with Crippen molar-refractivity contribution in [2.45, 2.75) is 0 Å². The number of hydrogen-bond acceptors (Lipinski definition) is 4. The molecule has 220 valence electrons.